The zero-order valence-electron chi connectivity index (χ0n) is 8.50. The summed E-state index contributed by atoms with van der Waals surface area (Å²) in [6.45, 7) is 0.922. The summed E-state index contributed by atoms with van der Waals surface area (Å²) >= 11 is 0. The lowest BCUT2D eigenvalue weighted by Gasteiger charge is -2.26. The van der Waals surface area contributed by atoms with E-state index in [1.165, 1.54) is 6.07 Å². The van der Waals surface area contributed by atoms with E-state index in [0.29, 0.717) is 0 Å². The lowest BCUT2D eigenvalue weighted by Crippen LogP contribution is -2.25. The van der Waals surface area contributed by atoms with Crippen molar-refractivity contribution < 1.29 is 9.13 Å². The van der Waals surface area contributed by atoms with Crippen LogP contribution in [0.3, 0.4) is 0 Å². The van der Waals surface area contributed by atoms with Crippen LogP contribution in [-0.4, -0.2) is 12.6 Å². The number of nitrogens with one attached hydrogen (secondary N) is 1. The molecule has 1 aliphatic heterocycles. The summed E-state index contributed by atoms with van der Waals surface area (Å²) in [4.78, 5) is 0. The van der Waals surface area contributed by atoms with Gasteiger partial charge in [-0.15, -0.1) is 0 Å². The fourth-order valence-electron chi connectivity index (χ4n) is 1.86. The van der Waals surface area contributed by atoms with Crippen LogP contribution < -0.4 is 9.82 Å². The molecule has 4 heteroatoms. The van der Waals surface area contributed by atoms with Crippen molar-refractivity contribution in [3.63, 3.8) is 0 Å². The third-order valence-corrected chi connectivity index (χ3v) is 2.95. The minimum absolute atomic E-state index is 0.178. The van der Waals surface area contributed by atoms with Gasteiger partial charge < -0.3 is 9.82 Å². The summed E-state index contributed by atoms with van der Waals surface area (Å²) in [7, 11) is 2.48. The third-order valence-electron chi connectivity index (χ3n) is 2.66. The van der Waals surface area contributed by atoms with Crippen LogP contribution in [0.25, 0.3) is 0 Å². The zero-order valence-corrected chi connectivity index (χ0v) is 9.66. The van der Waals surface area contributed by atoms with Gasteiger partial charge in [-0.25, -0.2) is 4.39 Å². The SMILES string of the molecule is Fc1ccc2c(c1)CCC(CCNP)O2. The molecule has 0 radical (unpaired) electrons. The molecule has 1 aromatic carbocycles. The molecule has 0 aromatic heterocycles. The second kappa shape index (κ2) is 4.91. The Morgan fingerprint density at radius 2 is 2.40 bits per heavy atom. The van der Waals surface area contributed by atoms with Crippen molar-refractivity contribution in [3.8, 4) is 5.75 Å². The van der Waals surface area contributed by atoms with Gasteiger partial charge in [0, 0.05) is 6.54 Å². The van der Waals surface area contributed by atoms with E-state index in [0.717, 1.165) is 37.1 Å². The average Bonchev–Trinajstić information content (AvgIpc) is 2.26. The molecular weight excluding hydrogens is 212 g/mol. The number of halogens is 1. The van der Waals surface area contributed by atoms with Crippen molar-refractivity contribution in [2.24, 2.45) is 0 Å². The van der Waals surface area contributed by atoms with Crippen molar-refractivity contribution in [3.05, 3.63) is 29.6 Å². The summed E-state index contributed by atoms with van der Waals surface area (Å²) in [6.07, 6.45) is 3.13. The van der Waals surface area contributed by atoms with E-state index >= 15 is 0 Å². The van der Waals surface area contributed by atoms with Crippen molar-refractivity contribution in [1.82, 2.24) is 5.09 Å². The second-order valence-electron chi connectivity index (χ2n) is 3.77. The molecule has 2 unspecified atom stereocenters. The minimum Gasteiger partial charge on any atom is -0.490 e. The number of aryl methyl sites for hydroxylation is 1. The summed E-state index contributed by atoms with van der Waals surface area (Å²) < 4.78 is 18.7. The highest BCUT2D eigenvalue weighted by Crippen LogP contribution is 2.28. The summed E-state index contributed by atoms with van der Waals surface area (Å²) in [5.74, 6) is 0.666. The van der Waals surface area contributed by atoms with E-state index in [1.54, 1.807) is 12.1 Å². The molecule has 1 aromatic rings. The fourth-order valence-corrected chi connectivity index (χ4v) is 2.03. The molecule has 0 saturated carbocycles. The van der Waals surface area contributed by atoms with Crippen molar-refractivity contribution >= 4 is 9.39 Å². The van der Waals surface area contributed by atoms with Crippen LogP contribution in [0.1, 0.15) is 18.4 Å². The van der Waals surface area contributed by atoms with Crippen LogP contribution in [0.4, 0.5) is 4.39 Å². The number of hydrogen-bond acceptors (Lipinski definition) is 2. The van der Waals surface area contributed by atoms with E-state index in [1.807, 2.05) is 0 Å². The van der Waals surface area contributed by atoms with Crippen LogP contribution in [0.2, 0.25) is 0 Å². The van der Waals surface area contributed by atoms with Gasteiger partial charge in [0.2, 0.25) is 0 Å². The Balaban J connectivity index is 2.03. The Hall–Kier alpha value is -0.660. The number of fused-ring (bicyclic) bond motifs is 1. The van der Waals surface area contributed by atoms with Gasteiger partial charge in [-0.1, -0.05) is 9.39 Å². The molecule has 0 aliphatic carbocycles. The standard InChI is InChI=1S/C11H15FNOP/c12-9-2-4-11-8(7-9)1-3-10(14-11)5-6-13-15/h2,4,7,10,13H,1,3,5-6,15H2. The molecular formula is C11H15FNOP. The summed E-state index contributed by atoms with van der Waals surface area (Å²) in [5, 5.41) is 3.02. The summed E-state index contributed by atoms with van der Waals surface area (Å²) in [6, 6.07) is 4.75. The Kier molecular flexibility index (Phi) is 3.55. The maximum absolute atomic E-state index is 12.9. The molecule has 82 valence electrons. The molecule has 15 heavy (non-hydrogen) atoms. The molecule has 1 N–H and O–H groups in total. The highest BCUT2D eigenvalue weighted by Gasteiger charge is 2.19. The van der Waals surface area contributed by atoms with Crippen LogP contribution in [0.5, 0.6) is 5.75 Å². The Morgan fingerprint density at radius 3 is 3.20 bits per heavy atom. The molecule has 0 fully saturated rings. The fraction of sp³-hybridized carbons (Fsp3) is 0.455. The Bertz CT molecular complexity index is 345. The highest BCUT2D eigenvalue weighted by molar-refractivity contribution is 7.13. The van der Waals surface area contributed by atoms with Gasteiger partial charge in [-0.05, 0) is 43.0 Å². The number of ether oxygens (including phenoxy) is 1. The maximum Gasteiger partial charge on any atom is 0.123 e. The van der Waals surface area contributed by atoms with E-state index < -0.39 is 0 Å². The van der Waals surface area contributed by atoms with Gasteiger partial charge in [-0.2, -0.15) is 0 Å². The second-order valence-corrected chi connectivity index (χ2v) is 4.18. The smallest absolute Gasteiger partial charge is 0.123 e. The van der Waals surface area contributed by atoms with E-state index in [9.17, 15) is 4.39 Å². The molecule has 0 spiro atoms. The third kappa shape index (κ3) is 2.67. The van der Waals surface area contributed by atoms with Crippen LogP contribution in [0, 0.1) is 5.82 Å². The lowest BCUT2D eigenvalue weighted by atomic mass is 10.0. The molecule has 1 aliphatic rings. The number of rotatable bonds is 3. The van der Waals surface area contributed by atoms with Gasteiger partial charge in [0.15, 0.2) is 0 Å². The van der Waals surface area contributed by atoms with Gasteiger partial charge in [-0.3, -0.25) is 0 Å². The van der Waals surface area contributed by atoms with Crippen molar-refractivity contribution in [2.75, 3.05) is 6.54 Å². The van der Waals surface area contributed by atoms with E-state index in [2.05, 4.69) is 14.5 Å². The van der Waals surface area contributed by atoms with Gasteiger partial charge in [0.05, 0.1) is 0 Å². The van der Waals surface area contributed by atoms with Crippen molar-refractivity contribution in [1.29, 1.82) is 0 Å². The van der Waals surface area contributed by atoms with Crippen LogP contribution in [-0.2, 0) is 6.42 Å². The first kappa shape index (κ1) is 10.8. The molecule has 0 bridgehead atoms. The largest absolute Gasteiger partial charge is 0.490 e. The van der Waals surface area contributed by atoms with E-state index in [4.69, 9.17) is 4.74 Å². The molecule has 0 saturated heterocycles. The maximum atomic E-state index is 12.9. The van der Waals surface area contributed by atoms with E-state index in [-0.39, 0.29) is 11.9 Å². The number of benzene rings is 1. The van der Waals surface area contributed by atoms with Gasteiger partial charge >= 0.3 is 0 Å². The number of hydrogen-bond donors (Lipinski definition) is 1. The molecule has 2 atom stereocenters. The van der Waals surface area contributed by atoms with Gasteiger partial charge in [0.1, 0.15) is 17.7 Å². The molecule has 1 heterocycles. The molecule has 0 amide bonds. The molecule has 2 rings (SSSR count). The van der Waals surface area contributed by atoms with Crippen LogP contribution in [0.15, 0.2) is 18.2 Å². The molecule has 2 nitrogen and oxygen atoms in total. The van der Waals surface area contributed by atoms with Gasteiger partial charge in [0.25, 0.3) is 0 Å². The average molecular weight is 227 g/mol. The van der Waals surface area contributed by atoms with Crippen LogP contribution >= 0.6 is 9.39 Å². The Labute approximate surface area is 91.5 Å². The topological polar surface area (TPSA) is 21.3 Å². The summed E-state index contributed by atoms with van der Waals surface area (Å²) in [5.41, 5.74) is 0.991. The first-order valence-corrected chi connectivity index (χ1v) is 5.76. The minimum atomic E-state index is -0.178. The quantitative estimate of drug-likeness (QED) is 0.800. The monoisotopic (exact) mass is 227 g/mol. The first-order chi connectivity index (χ1) is 7.29. The first-order valence-electron chi connectivity index (χ1n) is 5.18. The highest BCUT2D eigenvalue weighted by atomic mass is 31.0. The predicted molar refractivity (Wildman–Crippen MR) is 61.5 cm³/mol. The Morgan fingerprint density at radius 1 is 1.53 bits per heavy atom. The lowest BCUT2D eigenvalue weighted by molar-refractivity contribution is 0.165. The normalized spacial score (nSPS) is 19.5. The zero-order chi connectivity index (χ0) is 10.7. The predicted octanol–water partition coefficient (Wildman–Crippen LogP) is 2.29. The van der Waals surface area contributed by atoms with Crippen molar-refractivity contribution in [2.45, 2.75) is 25.4 Å².